The van der Waals surface area contributed by atoms with E-state index in [1.165, 1.54) is 0 Å². The Labute approximate surface area is 93.2 Å². The molecule has 0 fully saturated rings. The Balaban J connectivity index is 2.30. The zero-order chi connectivity index (χ0) is 11.8. The van der Waals surface area contributed by atoms with Gasteiger partial charge in [-0.15, -0.1) is 0 Å². The predicted octanol–water partition coefficient (Wildman–Crippen LogP) is 2.68. The summed E-state index contributed by atoms with van der Waals surface area (Å²) < 4.78 is 29.2. The molecule has 0 aromatic heterocycles. The number of hydrogen-bond acceptors (Lipinski definition) is 2. The van der Waals surface area contributed by atoms with E-state index in [4.69, 9.17) is 4.74 Å². The van der Waals surface area contributed by atoms with Crippen LogP contribution in [0, 0.1) is 5.92 Å². The lowest BCUT2D eigenvalue weighted by Gasteiger charge is -2.08. The number of halogens is 2. The molecule has 0 aliphatic rings. The monoisotopic (exact) mass is 228 g/mol. The van der Waals surface area contributed by atoms with Gasteiger partial charge in [0, 0.05) is 5.92 Å². The van der Waals surface area contributed by atoms with Crippen LogP contribution in [0.25, 0.3) is 0 Å². The van der Waals surface area contributed by atoms with Crippen LogP contribution < -0.4 is 0 Å². The molecule has 2 nitrogen and oxygen atoms in total. The molecule has 1 aromatic carbocycles. The third kappa shape index (κ3) is 4.38. The molecule has 0 aliphatic heterocycles. The minimum Gasteiger partial charge on any atom is -0.461 e. The maximum atomic E-state index is 12.1. The van der Waals surface area contributed by atoms with Crippen LogP contribution in [-0.4, -0.2) is 19.3 Å². The fraction of sp³-hybridized carbons (Fsp3) is 0.417. The molecule has 0 radical (unpaired) electrons. The molecule has 88 valence electrons. The summed E-state index contributed by atoms with van der Waals surface area (Å²) in [5, 5.41) is 0. The molecule has 16 heavy (non-hydrogen) atoms. The molecule has 1 aromatic rings. The van der Waals surface area contributed by atoms with E-state index < -0.39 is 25.2 Å². The molecule has 0 bridgehead atoms. The normalized spacial score (nSPS) is 10.4. The minimum atomic E-state index is -0.872. The number of carbonyl (C=O) groups excluding carboxylic acids is 1. The van der Waals surface area contributed by atoms with E-state index in [-0.39, 0.29) is 13.0 Å². The van der Waals surface area contributed by atoms with Crippen molar-refractivity contribution in [3.05, 3.63) is 35.9 Å². The van der Waals surface area contributed by atoms with Gasteiger partial charge >= 0.3 is 5.97 Å². The quantitative estimate of drug-likeness (QED) is 0.700. The van der Waals surface area contributed by atoms with Crippen LogP contribution in [0.15, 0.2) is 30.3 Å². The molecule has 0 aliphatic carbocycles. The van der Waals surface area contributed by atoms with Crippen LogP contribution >= 0.6 is 0 Å². The Morgan fingerprint density at radius 2 is 1.81 bits per heavy atom. The van der Waals surface area contributed by atoms with Crippen molar-refractivity contribution in [2.75, 3.05) is 13.3 Å². The van der Waals surface area contributed by atoms with E-state index in [1.54, 1.807) is 0 Å². The maximum Gasteiger partial charge on any atom is 0.306 e. The molecule has 1 rings (SSSR count). The van der Waals surface area contributed by atoms with Crippen LogP contribution in [0.4, 0.5) is 8.78 Å². The van der Waals surface area contributed by atoms with E-state index in [0.29, 0.717) is 0 Å². The first-order valence-electron chi connectivity index (χ1n) is 5.07. The molecule has 0 atom stereocenters. The Hall–Kier alpha value is -1.45. The van der Waals surface area contributed by atoms with Crippen molar-refractivity contribution < 1.29 is 18.3 Å². The van der Waals surface area contributed by atoms with Gasteiger partial charge < -0.3 is 4.74 Å². The molecule has 4 heteroatoms. The third-order valence-electron chi connectivity index (χ3n) is 2.13. The SMILES string of the molecule is O=C(CC(CF)CF)OCc1ccccc1. The summed E-state index contributed by atoms with van der Waals surface area (Å²) in [6.07, 6.45) is -0.208. The second kappa shape index (κ2) is 6.93. The molecule has 0 unspecified atom stereocenters. The summed E-state index contributed by atoms with van der Waals surface area (Å²) in [6.45, 7) is -1.53. The Morgan fingerprint density at radius 3 is 2.38 bits per heavy atom. The summed E-state index contributed by atoms with van der Waals surface area (Å²) >= 11 is 0. The second-order valence-corrected chi connectivity index (χ2v) is 3.53. The molecule has 0 spiro atoms. The van der Waals surface area contributed by atoms with E-state index in [9.17, 15) is 13.6 Å². The van der Waals surface area contributed by atoms with Crippen LogP contribution in [0.2, 0.25) is 0 Å². The molecular formula is C12H14F2O2. The van der Waals surface area contributed by atoms with Crippen LogP contribution in [0.3, 0.4) is 0 Å². The van der Waals surface area contributed by atoms with Gasteiger partial charge in [-0.2, -0.15) is 0 Å². The largest absolute Gasteiger partial charge is 0.461 e. The van der Waals surface area contributed by atoms with Gasteiger partial charge in [0.25, 0.3) is 0 Å². The first-order valence-corrected chi connectivity index (χ1v) is 5.07. The molecule has 0 saturated carbocycles. The topological polar surface area (TPSA) is 26.3 Å². The van der Waals surface area contributed by atoms with Crippen LogP contribution in [0.1, 0.15) is 12.0 Å². The maximum absolute atomic E-state index is 12.1. The molecule has 0 amide bonds. The minimum absolute atomic E-state index is 0.144. The molecule has 0 saturated heterocycles. The highest BCUT2D eigenvalue weighted by Gasteiger charge is 2.14. The van der Waals surface area contributed by atoms with E-state index in [1.807, 2.05) is 30.3 Å². The standard InChI is InChI=1S/C12H14F2O2/c13-7-11(8-14)6-12(15)16-9-10-4-2-1-3-5-10/h1-5,11H,6-9H2. The lowest BCUT2D eigenvalue weighted by Crippen LogP contribution is -2.14. The lowest BCUT2D eigenvalue weighted by molar-refractivity contribution is -0.146. The molecular weight excluding hydrogens is 214 g/mol. The van der Waals surface area contributed by atoms with Crippen molar-refractivity contribution in [2.24, 2.45) is 5.92 Å². The highest BCUT2D eigenvalue weighted by molar-refractivity contribution is 5.69. The van der Waals surface area contributed by atoms with E-state index in [2.05, 4.69) is 0 Å². The van der Waals surface area contributed by atoms with Gasteiger partial charge in [-0.05, 0) is 5.56 Å². The number of alkyl halides is 2. The number of benzene rings is 1. The van der Waals surface area contributed by atoms with Crippen LogP contribution in [0.5, 0.6) is 0 Å². The van der Waals surface area contributed by atoms with E-state index in [0.717, 1.165) is 5.56 Å². The highest BCUT2D eigenvalue weighted by atomic mass is 19.1. The molecule has 0 N–H and O–H groups in total. The highest BCUT2D eigenvalue weighted by Crippen LogP contribution is 2.08. The summed E-state index contributed by atoms with van der Waals surface area (Å²) in [4.78, 5) is 11.2. The van der Waals surface area contributed by atoms with Crippen molar-refractivity contribution in [2.45, 2.75) is 13.0 Å². The van der Waals surface area contributed by atoms with Crippen molar-refractivity contribution in [3.63, 3.8) is 0 Å². The summed E-state index contributed by atoms with van der Waals surface area (Å²) in [6, 6.07) is 9.14. The lowest BCUT2D eigenvalue weighted by atomic mass is 10.1. The van der Waals surface area contributed by atoms with Gasteiger partial charge in [-0.3, -0.25) is 13.6 Å². The Morgan fingerprint density at radius 1 is 1.19 bits per heavy atom. The number of hydrogen-bond donors (Lipinski definition) is 0. The smallest absolute Gasteiger partial charge is 0.306 e. The van der Waals surface area contributed by atoms with Crippen molar-refractivity contribution in [1.82, 2.24) is 0 Å². The second-order valence-electron chi connectivity index (χ2n) is 3.53. The van der Waals surface area contributed by atoms with Crippen molar-refractivity contribution in [1.29, 1.82) is 0 Å². The summed E-state index contributed by atoms with van der Waals surface area (Å²) in [7, 11) is 0. The van der Waals surface area contributed by atoms with Gasteiger partial charge in [0.15, 0.2) is 0 Å². The number of rotatable bonds is 6. The van der Waals surface area contributed by atoms with Crippen molar-refractivity contribution in [3.8, 4) is 0 Å². The van der Waals surface area contributed by atoms with Crippen molar-refractivity contribution >= 4 is 5.97 Å². The Bertz CT molecular complexity index is 310. The zero-order valence-electron chi connectivity index (χ0n) is 8.86. The van der Waals surface area contributed by atoms with Gasteiger partial charge in [-0.25, -0.2) is 0 Å². The van der Waals surface area contributed by atoms with E-state index >= 15 is 0 Å². The van der Waals surface area contributed by atoms with Gasteiger partial charge in [0.1, 0.15) is 6.61 Å². The first-order chi connectivity index (χ1) is 7.76. The number of esters is 1. The summed E-state index contributed by atoms with van der Waals surface area (Å²) in [5.41, 5.74) is 0.855. The third-order valence-corrected chi connectivity index (χ3v) is 2.13. The zero-order valence-corrected chi connectivity index (χ0v) is 8.86. The fourth-order valence-corrected chi connectivity index (χ4v) is 1.18. The average molecular weight is 228 g/mol. The number of ether oxygens (including phenoxy) is 1. The number of carbonyl (C=O) groups is 1. The van der Waals surface area contributed by atoms with Gasteiger partial charge in [-0.1, -0.05) is 30.3 Å². The van der Waals surface area contributed by atoms with Gasteiger partial charge in [0.2, 0.25) is 0 Å². The predicted molar refractivity (Wildman–Crippen MR) is 56.3 cm³/mol. The summed E-state index contributed by atoms with van der Waals surface area (Å²) in [5.74, 6) is -1.44. The van der Waals surface area contributed by atoms with Gasteiger partial charge in [0.05, 0.1) is 19.8 Å². The fourth-order valence-electron chi connectivity index (χ4n) is 1.18. The molecule has 0 heterocycles. The average Bonchev–Trinajstić information content (AvgIpc) is 2.34. The van der Waals surface area contributed by atoms with Crippen LogP contribution in [-0.2, 0) is 16.1 Å². The first kappa shape index (κ1) is 12.6. The Kier molecular flexibility index (Phi) is 5.46.